The lowest BCUT2D eigenvalue weighted by molar-refractivity contribution is -0.147. The molecule has 0 aliphatic rings. The predicted molar refractivity (Wildman–Crippen MR) is 71.3 cm³/mol. The van der Waals surface area contributed by atoms with Gasteiger partial charge in [-0.1, -0.05) is 6.92 Å². The molecule has 0 aliphatic carbocycles. The van der Waals surface area contributed by atoms with E-state index in [4.69, 9.17) is 9.52 Å². The van der Waals surface area contributed by atoms with Gasteiger partial charge in [-0.05, 0) is 34.1 Å². The van der Waals surface area contributed by atoms with Gasteiger partial charge in [-0.25, -0.2) is 0 Å². The van der Waals surface area contributed by atoms with Crippen molar-refractivity contribution in [1.82, 2.24) is 5.32 Å². The summed E-state index contributed by atoms with van der Waals surface area (Å²) in [7, 11) is 0. The fourth-order valence-corrected chi connectivity index (χ4v) is 1.84. The van der Waals surface area contributed by atoms with Crippen molar-refractivity contribution in [2.24, 2.45) is 5.41 Å². The van der Waals surface area contributed by atoms with Crippen LogP contribution >= 0.6 is 0 Å². The first kappa shape index (κ1) is 15.3. The number of rotatable bonds is 5. The fraction of sp³-hybridized carbons (Fsp3) is 0.571. The maximum absolute atomic E-state index is 12.1. The Morgan fingerprint density at radius 1 is 1.26 bits per heavy atom. The molecule has 1 unspecified atom stereocenters. The summed E-state index contributed by atoms with van der Waals surface area (Å²) in [5, 5.41) is 11.8. The highest BCUT2D eigenvalue weighted by Gasteiger charge is 2.32. The van der Waals surface area contributed by atoms with E-state index in [2.05, 4.69) is 5.32 Å². The van der Waals surface area contributed by atoms with E-state index < -0.39 is 11.4 Å². The standard InChI is InChI=1S/C14H21NO4/c1-6-14(5,13(17)18)7-15-12(16)11-8(2)9(3)19-10(11)4/h6-7H2,1-5H3,(H,15,16)(H,17,18). The number of furan rings is 1. The average Bonchev–Trinajstić information content (AvgIpc) is 2.59. The lowest BCUT2D eigenvalue weighted by Gasteiger charge is -2.23. The Morgan fingerprint density at radius 3 is 2.21 bits per heavy atom. The van der Waals surface area contributed by atoms with Crippen LogP contribution < -0.4 is 5.32 Å². The Hall–Kier alpha value is -1.78. The van der Waals surface area contributed by atoms with Gasteiger partial charge in [-0.15, -0.1) is 0 Å². The zero-order valence-corrected chi connectivity index (χ0v) is 12.1. The maximum Gasteiger partial charge on any atom is 0.311 e. The number of carbonyl (C=O) groups is 2. The molecule has 0 fully saturated rings. The lowest BCUT2D eigenvalue weighted by Crippen LogP contribution is -2.40. The molecular weight excluding hydrogens is 246 g/mol. The van der Waals surface area contributed by atoms with Crippen LogP contribution in [0, 0.1) is 26.2 Å². The smallest absolute Gasteiger partial charge is 0.311 e. The molecule has 5 nitrogen and oxygen atoms in total. The van der Waals surface area contributed by atoms with Crippen LogP contribution in [0.25, 0.3) is 0 Å². The summed E-state index contributed by atoms with van der Waals surface area (Å²) in [6, 6.07) is 0. The van der Waals surface area contributed by atoms with Gasteiger partial charge in [-0.2, -0.15) is 0 Å². The van der Waals surface area contributed by atoms with E-state index in [0.717, 1.165) is 5.56 Å². The number of hydrogen-bond donors (Lipinski definition) is 2. The average molecular weight is 267 g/mol. The Morgan fingerprint density at radius 2 is 1.84 bits per heavy atom. The Bertz CT molecular complexity index is 504. The molecule has 106 valence electrons. The van der Waals surface area contributed by atoms with Crippen LogP contribution in [-0.2, 0) is 4.79 Å². The predicted octanol–water partition coefficient (Wildman–Crippen LogP) is 2.44. The lowest BCUT2D eigenvalue weighted by atomic mass is 9.87. The van der Waals surface area contributed by atoms with Crippen molar-refractivity contribution in [3.8, 4) is 0 Å². The molecule has 0 aliphatic heterocycles. The molecule has 0 saturated carbocycles. The monoisotopic (exact) mass is 267 g/mol. The SMILES string of the molecule is CCC(C)(CNC(=O)c1c(C)oc(C)c1C)C(=O)O. The van der Waals surface area contributed by atoms with Crippen LogP contribution in [-0.4, -0.2) is 23.5 Å². The molecule has 5 heteroatoms. The van der Waals surface area contributed by atoms with Gasteiger partial charge >= 0.3 is 5.97 Å². The van der Waals surface area contributed by atoms with Crippen LogP contribution in [0.5, 0.6) is 0 Å². The Labute approximate surface area is 113 Å². The summed E-state index contributed by atoms with van der Waals surface area (Å²) in [5.41, 5.74) is 0.348. The van der Waals surface area contributed by atoms with Crippen LogP contribution in [0.3, 0.4) is 0 Å². The molecule has 1 atom stereocenters. The van der Waals surface area contributed by atoms with Crippen molar-refractivity contribution >= 4 is 11.9 Å². The van der Waals surface area contributed by atoms with Gasteiger partial charge in [0.2, 0.25) is 0 Å². The minimum absolute atomic E-state index is 0.0980. The summed E-state index contributed by atoms with van der Waals surface area (Å²) in [6.07, 6.45) is 0.449. The molecule has 0 spiro atoms. The normalized spacial score (nSPS) is 13.9. The second-order valence-corrected chi connectivity index (χ2v) is 5.12. The van der Waals surface area contributed by atoms with Gasteiger partial charge < -0.3 is 14.8 Å². The first-order chi connectivity index (χ1) is 8.73. The first-order valence-electron chi connectivity index (χ1n) is 6.31. The number of nitrogens with one attached hydrogen (secondary N) is 1. The third-order valence-electron chi connectivity index (χ3n) is 3.72. The van der Waals surface area contributed by atoms with E-state index in [1.807, 2.05) is 6.92 Å². The zero-order chi connectivity index (χ0) is 14.8. The summed E-state index contributed by atoms with van der Waals surface area (Å²) in [5.74, 6) is 0.0695. The van der Waals surface area contributed by atoms with Gasteiger partial charge in [-0.3, -0.25) is 9.59 Å². The number of amides is 1. The Kier molecular flexibility index (Phi) is 4.39. The molecule has 2 N–H and O–H groups in total. The van der Waals surface area contributed by atoms with Crippen LogP contribution in [0.15, 0.2) is 4.42 Å². The molecule has 1 aromatic heterocycles. The highest BCUT2D eigenvalue weighted by molar-refractivity contribution is 5.97. The molecule has 19 heavy (non-hydrogen) atoms. The van der Waals surface area contributed by atoms with Crippen LogP contribution in [0.1, 0.15) is 47.7 Å². The molecule has 0 aromatic carbocycles. The number of hydrogen-bond acceptors (Lipinski definition) is 3. The number of carboxylic acids is 1. The van der Waals surface area contributed by atoms with Crippen molar-refractivity contribution in [3.63, 3.8) is 0 Å². The highest BCUT2D eigenvalue weighted by Crippen LogP contribution is 2.23. The molecular formula is C14H21NO4. The molecule has 1 amide bonds. The quantitative estimate of drug-likeness (QED) is 0.858. The summed E-state index contributed by atoms with van der Waals surface area (Å²) in [6.45, 7) is 8.85. The highest BCUT2D eigenvalue weighted by atomic mass is 16.4. The van der Waals surface area contributed by atoms with Gasteiger partial charge in [0.1, 0.15) is 11.5 Å². The zero-order valence-electron chi connectivity index (χ0n) is 12.1. The number of aliphatic carboxylic acids is 1. The minimum Gasteiger partial charge on any atom is -0.481 e. The topological polar surface area (TPSA) is 79.5 Å². The van der Waals surface area contributed by atoms with E-state index in [1.54, 1.807) is 27.7 Å². The minimum atomic E-state index is -0.948. The van der Waals surface area contributed by atoms with Crippen molar-refractivity contribution < 1.29 is 19.1 Å². The second kappa shape index (κ2) is 5.47. The fourth-order valence-electron chi connectivity index (χ4n) is 1.84. The van der Waals surface area contributed by atoms with E-state index in [0.29, 0.717) is 23.5 Å². The van der Waals surface area contributed by atoms with Gasteiger partial charge in [0, 0.05) is 12.1 Å². The van der Waals surface area contributed by atoms with Crippen molar-refractivity contribution in [2.75, 3.05) is 6.54 Å². The third-order valence-corrected chi connectivity index (χ3v) is 3.72. The van der Waals surface area contributed by atoms with Gasteiger partial charge in [0.05, 0.1) is 11.0 Å². The molecule has 0 saturated heterocycles. The summed E-state index contributed by atoms with van der Waals surface area (Å²) < 4.78 is 5.39. The van der Waals surface area contributed by atoms with Gasteiger partial charge in [0.15, 0.2) is 0 Å². The summed E-state index contributed by atoms with van der Waals surface area (Å²) >= 11 is 0. The summed E-state index contributed by atoms with van der Waals surface area (Å²) in [4.78, 5) is 23.3. The van der Waals surface area contributed by atoms with Crippen molar-refractivity contribution in [1.29, 1.82) is 0 Å². The first-order valence-corrected chi connectivity index (χ1v) is 6.31. The van der Waals surface area contributed by atoms with Crippen LogP contribution in [0.2, 0.25) is 0 Å². The van der Waals surface area contributed by atoms with Crippen molar-refractivity contribution in [2.45, 2.75) is 41.0 Å². The molecule has 1 aromatic rings. The molecule has 0 radical (unpaired) electrons. The maximum atomic E-state index is 12.1. The molecule has 0 bridgehead atoms. The number of carboxylic acid groups (broad SMARTS) is 1. The third kappa shape index (κ3) is 2.97. The largest absolute Gasteiger partial charge is 0.481 e. The Balaban J connectivity index is 2.84. The van der Waals surface area contributed by atoms with Gasteiger partial charge in [0.25, 0.3) is 5.91 Å². The number of carbonyl (C=O) groups excluding carboxylic acids is 1. The van der Waals surface area contributed by atoms with E-state index in [9.17, 15) is 9.59 Å². The second-order valence-electron chi connectivity index (χ2n) is 5.12. The van der Waals surface area contributed by atoms with E-state index in [1.165, 1.54) is 0 Å². The molecule has 1 heterocycles. The van der Waals surface area contributed by atoms with Crippen molar-refractivity contribution in [3.05, 3.63) is 22.6 Å². The van der Waals surface area contributed by atoms with Crippen LogP contribution in [0.4, 0.5) is 0 Å². The molecule has 1 rings (SSSR count). The number of aryl methyl sites for hydroxylation is 2. The van der Waals surface area contributed by atoms with E-state index in [-0.39, 0.29) is 12.5 Å². The van der Waals surface area contributed by atoms with E-state index >= 15 is 0 Å².